The number of amides is 1. The third kappa shape index (κ3) is 6.12. The lowest BCUT2D eigenvalue weighted by Crippen LogP contribution is -2.52. The highest BCUT2D eigenvalue weighted by Gasteiger charge is 2.38. The molecule has 0 spiro atoms. The first-order valence-electron chi connectivity index (χ1n) is 14.2. The Hall–Kier alpha value is -4.07. The Morgan fingerprint density at radius 3 is 2.68 bits per heavy atom. The summed E-state index contributed by atoms with van der Waals surface area (Å²) in [5.74, 6) is -0.268. The van der Waals surface area contributed by atoms with Crippen LogP contribution < -0.4 is 15.5 Å². The number of alkyl halides is 3. The summed E-state index contributed by atoms with van der Waals surface area (Å²) in [5.41, 5.74) is 1.26. The topological polar surface area (TPSA) is 95.0 Å². The number of aromatic nitrogens is 2. The molecule has 0 saturated carbocycles. The van der Waals surface area contributed by atoms with Crippen molar-refractivity contribution in [2.24, 2.45) is 4.99 Å². The number of ether oxygens (including phenoxy) is 1. The van der Waals surface area contributed by atoms with Crippen LogP contribution in [0.3, 0.4) is 0 Å². The van der Waals surface area contributed by atoms with E-state index < -0.39 is 17.4 Å². The first-order chi connectivity index (χ1) is 21.0. The maximum absolute atomic E-state index is 14.5. The zero-order valence-electron chi connectivity index (χ0n) is 24.5. The molecule has 4 heterocycles. The fourth-order valence-electron chi connectivity index (χ4n) is 5.62. The molecule has 1 radical (unpaired) electrons. The van der Waals surface area contributed by atoms with Crippen LogP contribution in [0.5, 0.6) is 0 Å². The molecule has 2 N–H and O–H groups in total. The zero-order valence-corrected chi connectivity index (χ0v) is 25.3. The van der Waals surface area contributed by atoms with Crippen molar-refractivity contribution in [1.29, 1.82) is 0 Å². The van der Waals surface area contributed by atoms with Gasteiger partial charge in [0.25, 0.3) is 0 Å². The molecular weight excluding hydrogens is 591 g/mol. The number of morpholine rings is 1. The molecular formula is C31H31F3N7O2S. The highest BCUT2D eigenvalue weighted by molar-refractivity contribution is 7.22. The highest BCUT2D eigenvalue weighted by Crippen LogP contribution is 2.44. The monoisotopic (exact) mass is 622 g/mol. The standard InChI is InChI=1S/C31H31F3N7O2S/c1-19(42)37-29-39-28-23(8-5-9-24(28)44-29)41(30(2,3)18-40-12-14-43-15-13-40)26-17-20(16-25(38-26)31(32,33)34)21-6-4-7-22-27(21)36-11-10-35-22/h4-9,11,16,35H,10,12-15,18H2,1-3H3,(H,37,39,42). The van der Waals surface area contributed by atoms with Gasteiger partial charge in [0.1, 0.15) is 17.0 Å². The zero-order chi connectivity index (χ0) is 31.1. The number of pyridine rings is 1. The Labute approximate surface area is 256 Å². The second-order valence-electron chi connectivity index (χ2n) is 11.3. The fourth-order valence-corrected chi connectivity index (χ4v) is 6.55. The Balaban J connectivity index is 1.57. The van der Waals surface area contributed by atoms with Crippen LogP contribution in [0.15, 0.2) is 47.5 Å². The minimum absolute atomic E-state index is 0.0000119. The van der Waals surface area contributed by atoms with Crippen LogP contribution in [-0.4, -0.2) is 71.9 Å². The molecule has 13 heteroatoms. The molecule has 0 unspecified atom stereocenters. The number of rotatable bonds is 7. The molecule has 1 saturated heterocycles. The van der Waals surface area contributed by atoms with Crippen molar-refractivity contribution in [2.75, 3.05) is 54.9 Å². The van der Waals surface area contributed by atoms with Gasteiger partial charge in [0.05, 0.1) is 47.1 Å². The van der Waals surface area contributed by atoms with Gasteiger partial charge in [0.2, 0.25) is 5.91 Å². The number of carbonyl (C=O) groups excluding carboxylic acids is 1. The SMILES string of the molecule is CC(=O)Nc1nc2c(N(c3[c]c(-c4cccc5c4N=CCN5)cc(C(F)(F)F)n3)C(C)(C)CN3CCOCC3)cccc2s1. The number of fused-ring (bicyclic) bond motifs is 2. The molecule has 2 aliphatic heterocycles. The van der Waals surface area contributed by atoms with E-state index in [1.807, 2.05) is 38.1 Å². The third-order valence-corrected chi connectivity index (χ3v) is 8.36. The van der Waals surface area contributed by atoms with Gasteiger partial charge in [0, 0.05) is 44.4 Å². The van der Waals surface area contributed by atoms with Crippen LogP contribution in [0.2, 0.25) is 0 Å². The Bertz CT molecular complexity index is 1730. The van der Waals surface area contributed by atoms with E-state index in [2.05, 4.69) is 36.6 Å². The quantitative estimate of drug-likeness (QED) is 0.243. The average Bonchev–Trinajstić information content (AvgIpc) is 3.39. The molecule has 1 fully saturated rings. The van der Waals surface area contributed by atoms with Gasteiger partial charge in [-0.25, -0.2) is 9.97 Å². The summed E-state index contributed by atoms with van der Waals surface area (Å²) in [4.78, 5) is 29.2. The minimum Gasteiger partial charge on any atom is -0.379 e. The number of nitrogens with one attached hydrogen (secondary N) is 2. The van der Waals surface area contributed by atoms with Crippen molar-refractivity contribution in [2.45, 2.75) is 32.5 Å². The van der Waals surface area contributed by atoms with Gasteiger partial charge in [-0.1, -0.05) is 29.5 Å². The Morgan fingerprint density at radius 1 is 1.16 bits per heavy atom. The molecule has 0 bridgehead atoms. The van der Waals surface area contributed by atoms with E-state index >= 15 is 0 Å². The van der Waals surface area contributed by atoms with Gasteiger partial charge in [-0.3, -0.25) is 14.7 Å². The summed E-state index contributed by atoms with van der Waals surface area (Å²) < 4.78 is 49.8. The van der Waals surface area contributed by atoms with E-state index in [0.717, 1.165) is 16.5 Å². The maximum Gasteiger partial charge on any atom is 0.433 e. The van der Waals surface area contributed by atoms with Gasteiger partial charge in [-0.15, -0.1) is 0 Å². The molecule has 229 valence electrons. The number of para-hydroxylation sites is 2. The van der Waals surface area contributed by atoms with Crippen molar-refractivity contribution in [1.82, 2.24) is 14.9 Å². The lowest BCUT2D eigenvalue weighted by Gasteiger charge is -2.43. The van der Waals surface area contributed by atoms with Crippen molar-refractivity contribution in [3.63, 3.8) is 0 Å². The second kappa shape index (κ2) is 11.8. The van der Waals surface area contributed by atoms with Crippen LogP contribution in [0.1, 0.15) is 26.5 Å². The van der Waals surface area contributed by atoms with Gasteiger partial charge in [0.15, 0.2) is 5.13 Å². The number of hydrogen-bond donors (Lipinski definition) is 2. The molecule has 2 aromatic carbocycles. The molecule has 44 heavy (non-hydrogen) atoms. The molecule has 4 aromatic rings. The van der Waals surface area contributed by atoms with Crippen LogP contribution in [0.4, 0.5) is 41.2 Å². The highest BCUT2D eigenvalue weighted by atomic mass is 32.1. The predicted octanol–water partition coefficient (Wildman–Crippen LogP) is 6.51. The summed E-state index contributed by atoms with van der Waals surface area (Å²) in [5, 5.41) is 6.35. The summed E-state index contributed by atoms with van der Waals surface area (Å²) in [6, 6.07) is 15.1. The van der Waals surface area contributed by atoms with E-state index in [9.17, 15) is 18.0 Å². The second-order valence-corrected chi connectivity index (χ2v) is 12.3. The Morgan fingerprint density at radius 2 is 1.93 bits per heavy atom. The van der Waals surface area contributed by atoms with Crippen molar-refractivity contribution in [3.8, 4) is 11.1 Å². The lowest BCUT2D eigenvalue weighted by molar-refractivity contribution is -0.141. The van der Waals surface area contributed by atoms with Crippen LogP contribution in [0.25, 0.3) is 21.3 Å². The number of aliphatic imine (C=N–C) groups is 1. The summed E-state index contributed by atoms with van der Waals surface area (Å²) in [6.45, 7) is 8.90. The first-order valence-corrected chi connectivity index (χ1v) is 15.0. The van der Waals surface area contributed by atoms with Gasteiger partial charge in [-0.05, 0) is 43.7 Å². The van der Waals surface area contributed by atoms with Gasteiger partial charge in [-0.2, -0.15) is 13.2 Å². The van der Waals surface area contributed by atoms with E-state index in [-0.39, 0.29) is 17.3 Å². The predicted molar refractivity (Wildman–Crippen MR) is 168 cm³/mol. The van der Waals surface area contributed by atoms with Crippen molar-refractivity contribution >= 4 is 61.7 Å². The number of anilines is 4. The van der Waals surface area contributed by atoms with Crippen LogP contribution in [-0.2, 0) is 15.7 Å². The van der Waals surface area contributed by atoms with Gasteiger partial charge < -0.3 is 20.3 Å². The van der Waals surface area contributed by atoms with Crippen LogP contribution >= 0.6 is 11.3 Å². The number of carbonyl (C=O) groups is 1. The Kier molecular flexibility index (Phi) is 8.03. The van der Waals surface area contributed by atoms with Crippen LogP contribution in [0, 0.1) is 6.07 Å². The molecule has 2 aromatic heterocycles. The average molecular weight is 623 g/mol. The molecule has 6 rings (SSSR count). The summed E-state index contributed by atoms with van der Waals surface area (Å²) in [7, 11) is 0. The smallest absolute Gasteiger partial charge is 0.379 e. The van der Waals surface area contributed by atoms with E-state index in [1.165, 1.54) is 18.3 Å². The molecule has 0 aliphatic carbocycles. The molecule has 9 nitrogen and oxygen atoms in total. The first kappa shape index (κ1) is 30.0. The van der Waals surface area contributed by atoms with E-state index in [1.54, 1.807) is 23.2 Å². The van der Waals surface area contributed by atoms with E-state index in [0.29, 0.717) is 67.0 Å². The van der Waals surface area contributed by atoms with E-state index in [4.69, 9.17) is 4.74 Å². The molecule has 1 amide bonds. The number of thiazole rings is 1. The number of hydrogen-bond acceptors (Lipinski definition) is 9. The van der Waals surface area contributed by atoms with Crippen molar-refractivity contribution < 1.29 is 22.7 Å². The normalized spacial score (nSPS) is 15.6. The largest absolute Gasteiger partial charge is 0.433 e. The number of halogens is 3. The minimum atomic E-state index is -4.72. The fraction of sp³-hybridized carbons (Fsp3) is 0.355. The molecule has 2 aliphatic rings. The molecule has 0 atom stereocenters. The number of benzene rings is 2. The third-order valence-electron chi connectivity index (χ3n) is 7.43. The van der Waals surface area contributed by atoms with Gasteiger partial charge >= 0.3 is 6.18 Å². The summed E-state index contributed by atoms with van der Waals surface area (Å²) in [6.07, 6.45) is -3.04. The summed E-state index contributed by atoms with van der Waals surface area (Å²) >= 11 is 1.29. The number of nitrogens with zero attached hydrogens (tertiary/aromatic N) is 5. The lowest BCUT2D eigenvalue weighted by atomic mass is 9.97. The van der Waals surface area contributed by atoms with Crippen molar-refractivity contribution in [3.05, 3.63) is 54.2 Å². The maximum atomic E-state index is 14.5.